The monoisotopic (exact) mass is 490 g/mol. The topological polar surface area (TPSA) is 91.3 Å². The van der Waals surface area contributed by atoms with Crippen LogP contribution in [0.5, 0.6) is 0 Å². The number of hydrogen-bond donors (Lipinski definition) is 1. The van der Waals surface area contributed by atoms with Gasteiger partial charge in [-0.15, -0.1) is 24.0 Å². The first kappa shape index (κ1) is 24.4. The smallest absolute Gasteiger partial charge is 0.308 e. The van der Waals surface area contributed by atoms with E-state index in [1.165, 1.54) is 11.4 Å². The van der Waals surface area contributed by atoms with E-state index in [4.69, 9.17) is 4.74 Å². The van der Waals surface area contributed by atoms with Gasteiger partial charge in [-0.25, -0.2) is 12.7 Å². The van der Waals surface area contributed by atoms with Crippen molar-refractivity contribution in [3.8, 4) is 0 Å². The Hall–Kier alpha value is -0.620. The summed E-state index contributed by atoms with van der Waals surface area (Å²) in [7, 11) is 1.63. The summed E-state index contributed by atoms with van der Waals surface area (Å²) in [5, 5.41) is 3.26. The molecule has 1 N–H and O–H groups in total. The number of aliphatic imine (C=N–C) groups is 1. The fraction of sp³-hybridized carbons (Fsp3) is 0.867. The van der Waals surface area contributed by atoms with Gasteiger partial charge in [0.25, 0.3) is 0 Å². The summed E-state index contributed by atoms with van der Waals surface area (Å²) in [6.07, 6.45) is 2.21. The minimum Gasteiger partial charge on any atom is -0.469 e. The zero-order valence-electron chi connectivity index (χ0n) is 15.5. The van der Waals surface area contributed by atoms with Gasteiger partial charge < -0.3 is 15.0 Å². The Morgan fingerprint density at radius 3 is 2.44 bits per heavy atom. The largest absolute Gasteiger partial charge is 0.469 e. The molecule has 0 aliphatic carbocycles. The molecular weight excluding hydrogens is 459 g/mol. The highest BCUT2D eigenvalue weighted by atomic mass is 127. The van der Waals surface area contributed by atoms with Crippen molar-refractivity contribution >= 4 is 45.9 Å². The van der Waals surface area contributed by atoms with Gasteiger partial charge in [0.15, 0.2) is 5.96 Å². The molecule has 1 heterocycles. The molecule has 1 rings (SSSR count). The first-order valence-electron chi connectivity index (χ1n) is 8.33. The Labute approximate surface area is 168 Å². The number of carbonyl (C=O) groups excluding carboxylic acids is 1. The predicted octanol–water partition coefficient (Wildman–Crippen LogP) is 0.736. The lowest BCUT2D eigenvalue weighted by atomic mass is 9.97. The molecule has 25 heavy (non-hydrogen) atoms. The van der Waals surface area contributed by atoms with Gasteiger partial charge in [0.1, 0.15) is 0 Å². The molecule has 8 nitrogen and oxygen atoms in total. The van der Waals surface area contributed by atoms with Crippen molar-refractivity contribution in [1.29, 1.82) is 0 Å². The molecule has 0 bridgehead atoms. The van der Waals surface area contributed by atoms with Crippen LogP contribution in [0.25, 0.3) is 0 Å². The standard InChI is InChI=1S/C15H30N4O4S.HI/c1-5-24(21,22)18(3)10-6-9-17-15(16-2)19-11-7-13(8-12-19)14(20)23-4;/h13H,5-12H2,1-4H3,(H,16,17);1H. The zero-order chi connectivity index (χ0) is 18.2. The second-order valence-corrected chi connectivity index (χ2v) is 8.20. The molecule has 0 aromatic carbocycles. The van der Waals surface area contributed by atoms with Gasteiger partial charge in [0.2, 0.25) is 10.0 Å². The van der Waals surface area contributed by atoms with Gasteiger partial charge >= 0.3 is 5.97 Å². The normalized spacial score (nSPS) is 16.5. The van der Waals surface area contributed by atoms with E-state index in [9.17, 15) is 13.2 Å². The fourth-order valence-corrected chi connectivity index (χ4v) is 3.54. The van der Waals surface area contributed by atoms with Crippen LogP contribution in [0.1, 0.15) is 26.2 Å². The molecule has 0 saturated carbocycles. The Morgan fingerprint density at radius 1 is 1.36 bits per heavy atom. The number of guanidine groups is 1. The minimum absolute atomic E-state index is 0. The lowest BCUT2D eigenvalue weighted by Crippen LogP contribution is -2.47. The molecule has 1 aliphatic heterocycles. The number of methoxy groups -OCH3 is 1. The van der Waals surface area contributed by atoms with Crippen LogP contribution < -0.4 is 5.32 Å². The third kappa shape index (κ3) is 7.65. The van der Waals surface area contributed by atoms with Crippen molar-refractivity contribution < 1.29 is 17.9 Å². The molecule has 148 valence electrons. The lowest BCUT2D eigenvalue weighted by Gasteiger charge is -2.33. The minimum atomic E-state index is -3.12. The highest BCUT2D eigenvalue weighted by molar-refractivity contribution is 14.0. The highest BCUT2D eigenvalue weighted by Gasteiger charge is 2.26. The van der Waals surface area contributed by atoms with Crippen molar-refractivity contribution in [1.82, 2.24) is 14.5 Å². The van der Waals surface area contributed by atoms with Crippen LogP contribution in [0.4, 0.5) is 0 Å². The van der Waals surface area contributed by atoms with Crippen LogP contribution in [0.2, 0.25) is 0 Å². The van der Waals surface area contributed by atoms with E-state index >= 15 is 0 Å². The third-order valence-electron chi connectivity index (χ3n) is 4.31. The Morgan fingerprint density at radius 2 is 1.96 bits per heavy atom. The van der Waals surface area contributed by atoms with Gasteiger partial charge in [-0.05, 0) is 26.2 Å². The van der Waals surface area contributed by atoms with Crippen LogP contribution in [-0.4, -0.2) is 82.7 Å². The quantitative estimate of drug-likeness (QED) is 0.186. The van der Waals surface area contributed by atoms with E-state index in [2.05, 4.69) is 15.2 Å². The number of halogens is 1. The van der Waals surface area contributed by atoms with Gasteiger partial charge in [-0.3, -0.25) is 9.79 Å². The van der Waals surface area contributed by atoms with Crippen LogP contribution >= 0.6 is 24.0 Å². The molecule has 0 atom stereocenters. The van der Waals surface area contributed by atoms with Gasteiger partial charge in [-0.1, -0.05) is 0 Å². The summed E-state index contributed by atoms with van der Waals surface area (Å²) in [5.41, 5.74) is 0. The number of esters is 1. The molecule has 1 fully saturated rings. The number of sulfonamides is 1. The van der Waals surface area contributed by atoms with E-state index in [0.29, 0.717) is 19.5 Å². The molecular formula is C15H31IN4O4S. The lowest BCUT2D eigenvalue weighted by molar-refractivity contribution is -0.146. The van der Waals surface area contributed by atoms with Gasteiger partial charge in [0, 0.05) is 40.3 Å². The maximum atomic E-state index is 11.7. The number of likely N-dealkylation sites (tertiary alicyclic amines) is 1. The van der Waals surface area contributed by atoms with Gasteiger partial charge in [-0.2, -0.15) is 0 Å². The SMILES string of the molecule is CCS(=O)(=O)N(C)CCCNC(=NC)N1CCC(C(=O)OC)CC1.I. The molecule has 0 spiro atoms. The number of rotatable bonds is 7. The van der Waals surface area contributed by atoms with Crippen molar-refractivity contribution in [2.45, 2.75) is 26.2 Å². The number of nitrogens with one attached hydrogen (secondary N) is 1. The predicted molar refractivity (Wildman–Crippen MR) is 110 cm³/mol. The maximum absolute atomic E-state index is 11.7. The molecule has 0 unspecified atom stereocenters. The molecule has 0 aromatic rings. The van der Waals surface area contributed by atoms with E-state index in [1.807, 2.05) is 0 Å². The summed E-state index contributed by atoms with van der Waals surface area (Å²) in [5.74, 6) is 0.739. The molecule has 1 aliphatic rings. The number of nitrogens with zero attached hydrogens (tertiary/aromatic N) is 3. The number of piperidine rings is 1. The Balaban J connectivity index is 0.00000576. The van der Waals surface area contributed by atoms with E-state index in [0.717, 1.165) is 31.9 Å². The molecule has 1 saturated heterocycles. The average molecular weight is 490 g/mol. The summed E-state index contributed by atoms with van der Waals surface area (Å²) in [6, 6.07) is 0. The summed E-state index contributed by atoms with van der Waals surface area (Å²) in [4.78, 5) is 17.9. The second kappa shape index (κ2) is 11.9. The zero-order valence-corrected chi connectivity index (χ0v) is 18.7. The molecule has 0 amide bonds. The first-order valence-corrected chi connectivity index (χ1v) is 9.94. The molecule has 0 radical (unpaired) electrons. The number of ether oxygens (including phenoxy) is 1. The maximum Gasteiger partial charge on any atom is 0.308 e. The van der Waals surface area contributed by atoms with Crippen molar-refractivity contribution in [2.24, 2.45) is 10.9 Å². The molecule has 10 heteroatoms. The highest BCUT2D eigenvalue weighted by Crippen LogP contribution is 2.18. The van der Waals surface area contributed by atoms with Crippen LogP contribution in [-0.2, 0) is 19.6 Å². The van der Waals surface area contributed by atoms with Gasteiger partial charge in [0.05, 0.1) is 18.8 Å². The first-order chi connectivity index (χ1) is 11.4. The van der Waals surface area contributed by atoms with Crippen molar-refractivity contribution in [3.05, 3.63) is 0 Å². The molecule has 0 aromatic heterocycles. The third-order valence-corrected chi connectivity index (χ3v) is 6.18. The van der Waals surface area contributed by atoms with Crippen LogP contribution in [0.3, 0.4) is 0 Å². The van der Waals surface area contributed by atoms with Crippen LogP contribution in [0.15, 0.2) is 4.99 Å². The summed E-state index contributed by atoms with van der Waals surface area (Å²) >= 11 is 0. The van der Waals surface area contributed by atoms with E-state index in [-0.39, 0.29) is 41.6 Å². The summed E-state index contributed by atoms with van der Waals surface area (Å²) < 4.78 is 29.5. The Bertz CT molecular complexity index is 534. The fourth-order valence-electron chi connectivity index (χ4n) is 2.69. The van der Waals surface area contributed by atoms with Crippen molar-refractivity contribution in [3.63, 3.8) is 0 Å². The summed E-state index contributed by atoms with van der Waals surface area (Å²) in [6.45, 7) is 4.27. The van der Waals surface area contributed by atoms with E-state index < -0.39 is 10.0 Å². The Kier molecular flexibility index (Phi) is 11.6. The van der Waals surface area contributed by atoms with Crippen LogP contribution in [0, 0.1) is 5.92 Å². The van der Waals surface area contributed by atoms with Crippen molar-refractivity contribution in [2.75, 3.05) is 53.1 Å². The average Bonchev–Trinajstić information content (AvgIpc) is 2.61. The van der Waals surface area contributed by atoms with E-state index in [1.54, 1.807) is 21.0 Å². The number of carbonyl (C=O) groups is 1. The number of hydrogen-bond acceptors (Lipinski definition) is 5. The second-order valence-electron chi connectivity index (χ2n) is 5.83.